The Balaban J connectivity index is 1.09. The molecular formula is C58H36N4. The molecule has 0 saturated heterocycles. The molecule has 0 aliphatic rings. The summed E-state index contributed by atoms with van der Waals surface area (Å²) in [5, 5.41) is 10.8. The molecule has 3 aromatic heterocycles. The molecule has 0 unspecified atom stereocenters. The average molecular weight is 789 g/mol. The standard InChI is InChI=1S/C58H36N4/c1-4-17-38(18-5-1)56-50-33-40(29-31-51(50)59-58(60-56)39-19-6-2-7-20-39)42-32-41-21-11-12-24-44(41)53(34-42)62-52-27-15-14-26-46(52)48-35-49-47-30-28-37-16-10-13-25-45(37)57(47)61(54(49)36-55(48)62)43-22-8-3-9-23-43/h1-36H. The molecule has 10 aromatic carbocycles. The van der Waals surface area contributed by atoms with E-state index >= 15 is 0 Å². The number of para-hydroxylation sites is 2. The predicted octanol–water partition coefficient (Wildman–Crippen LogP) is 15.1. The number of fused-ring (bicyclic) bond motifs is 10. The molecule has 13 aromatic rings. The third kappa shape index (κ3) is 5.27. The third-order valence-electron chi connectivity index (χ3n) is 12.6. The monoisotopic (exact) mass is 788 g/mol. The van der Waals surface area contributed by atoms with Gasteiger partial charge in [-0.25, -0.2) is 9.97 Å². The van der Waals surface area contributed by atoms with Crippen molar-refractivity contribution in [3.8, 4) is 45.1 Å². The second kappa shape index (κ2) is 13.6. The molecule has 13 rings (SSSR count). The fraction of sp³-hybridized carbons (Fsp3) is 0. The maximum atomic E-state index is 5.22. The van der Waals surface area contributed by atoms with Crippen LogP contribution in [0, 0.1) is 0 Å². The fourth-order valence-electron chi connectivity index (χ4n) is 9.83. The zero-order valence-corrected chi connectivity index (χ0v) is 33.6. The van der Waals surface area contributed by atoms with Gasteiger partial charge in [0.05, 0.1) is 39.0 Å². The van der Waals surface area contributed by atoms with E-state index in [9.17, 15) is 0 Å². The van der Waals surface area contributed by atoms with Gasteiger partial charge < -0.3 is 9.13 Å². The smallest absolute Gasteiger partial charge is 0.160 e. The van der Waals surface area contributed by atoms with E-state index in [0.717, 1.165) is 61.6 Å². The Morgan fingerprint density at radius 1 is 0.306 bits per heavy atom. The summed E-state index contributed by atoms with van der Waals surface area (Å²) in [6.45, 7) is 0. The van der Waals surface area contributed by atoms with Crippen molar-refractivity contribution in [2.75, 3.05) is 0 Å². The predicted molar refractivity (Wildman–Crippen MR) is 260 cm³/mol. The largest absolute Gasteiger partial charge is 0.309 e. The second-order valence-corrected chi connectivity index (χ2v) is 16.2. The van der Waals surface area contributed by atoms with Gasteiger partial charge in [-0.3, -0.25) is 0 Å². The number of nitrogens with zero attached hydrogens (tertiary/aromatic N) is 4. The summed E-state index contributed by atoms with van der Waals surface area (Å²) in [5.41, 5.74) is 13.1. The van der Waals surface area contributed by atoms with Crippen molar-refractivity contribution in [1.29, 1.82) is 0 Å². The highest BCUT2D eigenvalue weighted by Crippen LogP contribution is 2.43. The van der Waals surface area contributed by atoms with Crippen LogP contribution in [0.2, 0.25) is 0 Å². The molecular weight excluding hydrogens is 753 g/mol. The van der Waals surface area contributed by atoms with Gasteiger partial charge in [-0.15, -0.1) is 0 Å². The lowest BCUT2D eigenvalue weighted by Gasteiger charge is -2.16. The fourth-order valence-corrected chi connectivity index (χ4v) is 9.83. The van der Waals surface area contributed by atoms with E-state index in [0.29, 0.717) is 0 Å². The molecule has 0 fully saturated rings. The Bertz CT molecular complexity index is 3900. The highest BCUT2D eigenvalue weighted by Gasteiger charge is 2.21. The van der Waals surface area contributed by atoms with Gasteiger partial charge in [0.15, 0.2) is 5.82 Å². The van der Waals surface area contributed by atoms with Crippen LogP contribution in [0.1, 0.15) is 0 Å². The molecule has 4 nitrogen and oxygen atoms in total. The molecule has 0 saturated carbocycles. The lowest BCUT2D eigenvalue weighted by Crippen LogP contribution is -1.98. The first-order chi connectivity index (χ1) is 30.7. The van der Waals surface area contributed by atoms with E-state index in [1.165, 1.54) is 59.6 Å². The van der Waals surface area contributed by atoms with Crippen molar-refractivity contribution in [3.63, 3.8) is 0 Å². The first-order valence-electron chi connectivity index (χ1n) is 21.2. The Hall–Kier alpha value is -8.34. The first kappa shape index (κ1) is 34.5. The van der Waals surface area contributed by atoms with Crippen molar-refractivity contribution in [2.24, 2.45) is 0 Å². The minimum absolute atomic E-state index is 0.720. The molecule has 288 valence electrons. The van der Waals surface area contributed by atoms with Gasteiger partial charge in [-0.1, -0.05) is 164 Å². The topological polar surface area (TPSA) is 35.6 Å². The van der Waals surface area contributed by atoms with Crippen molar-refractivity contribution >= 4 is 76.1 Å². The van der Waals surface area contributed by atoms with Crippen molar-refractivity contribution < 1.29 is 0 Å². The second-order valence-electron chi connectivity index (χ2n) is 16.2. The molecule has 62 heavy (non-hydrogen) atoms. The van der Waals surface area contributed by atoms with Gasteiger partial charge in [-0.05, 0) is 76.5 Å². The maximum Gasteiger partial charge on any atom is 0.160 e. The van der Waals surface area contributed by atoms with Crippen LogP contribution in [0.3, 0.4) is 0 Å². The van der Waals surface area contributed by atoms with Crippen LogP contribution in [0.25, 0.3) is 121 Å². The lowest BCUT2D eigenvalue weighted by atomic mass is 9.96. The van der Waals surface area contributed by atoms with Gasteiger partial charge in [-0.2, -0.15) is 0 Å². The van der Waals surface area contributed by atoms with Crippen LogP contribution in [-0.2, 0) is 0 Å². The highest BCUT2D eigenvalue weighted by atomic mass is 15.0. The van der Waals surface area contributed by atoms with Crippen LogP contribution in [-0.4, -0.2) is 19.1 Å². The summed E-state index contributed by atoms with van der Waals surface area (Å²) in [7, 11) is 0. The quantitative estimate of drug-likeness (QED) is 0.174. The minimum Gasteiger partial charge on any atom is -0.309 e. The van der Waals surface area contributed by atoms with Crippen LogP contribution >= 0.6 is 0 Å². The minimum atomic E-state index is 0.720. The van der Waals surface area contributed by atoms with E-state index in [1.807, 2.05) is 18.2 Å². The first-order valence-corrected chi connectivity index (χ1v) is 21.2. The van der Waals surface area contributed by atoms with Gasteiger partial charge >= 0.3 is 0 Å². The molecule has 0 atom stereocenters. The molecule has 0 bridgehead atoms. The molecule has 0 radical (unpaired) electrons. The van der Waals surface area contributed by atoms with Gasteiger partial charge in [0, 0.05) is 54.5 Å². The number of hydrogen-bond donors (Lipinski definition) is 0. The van der Waals surface area contributed by atoms with Gasteiger partial charge in [0.2, 0.25) is 0 Å². The van der Waals surface area contributed by atoms with E-state index in [1.54, 1.807) is 0 Å². The van der Waals surface area contributed by atoms with Gasteiger partial charge in [0.25, 0.3) is 0 Å². The maximum absolute atomic E-state index is 5.22. The summed E-state index contributed by atoms with van der Waals surface area (Å²) in [5.74, 6) is 0.720. The van der Waals surface area contributed by atoms with Crippen molar-refractivity contribution in [1.82, 2.24) is 19.1 Å². The SMILES string of the molecule is c1ccc(-c2nc(-c3ccccc3)c3cc(-c4cc(-n5c6ccccc6c6cc7c8ccc9ccccc9c8n(-c8ccccc8)c7cc65)c5ccccc5c4)ccc3n2)cc1. The van der Waals surface area contributed by atoms with E-state index in [4.69, 9.17) is 9.97 Å². The van der Waals surface area contributed by atoms with Crippen LogP contribution in [0.15, 0.2) is 218 Å². The Kier molecular flexibility index (Phi) is 7.57. The number of hydrogen-bond acceptors (Lipinski definition) is 2. The van der Waals surface area contributed by atoms with Gasteiger partial charge in [0.1, 0.15) is 0 Å². The number of benzene rings is 10. The zero-order valence-electron chi connectivity index (χ0n) is 33.6. The Morgan fingerprint density at radius 3 is 1.76 bits per heavy atom. The molecule has 0 N–H and O–H groups in total. The molecule has 0 aliphatic heterocycles. The normalized spacial score (nSPS) is 11.9. The van der Waals surface area contributed by atoms with E-state index < -0.39 is 0 Å². The molecule has 0 aliphatic carbocycles. The Morgan fingerprint density at radius 2 is 0.952 bits per heavy atom. The zero-order chi connectivity index (χ0) is 40.7. The summed E-state index contributed by atoms with van der Waals surface area (Å²) in [6, 6.07) is 78.7. The van der Waals surface area contributed by atoms with E-state index in [2.05, 4.69) is 209 Å². The summed E-state index contributed by atoms with van der Waals surface area (Å²) >= 11 is 0. The number of rotatable bonds is 5. The average Bonchev–Trinajstić information content (AvgIpc) is 3.85. The lowest BCUT2D eigenvalue weighted by molar-refractivity contribution is 1.17. The Labute approximate surface area is 357 Å². The van der Waals surface area contributed by atoms with Crippen LogP contribution in [0.5, 0.6) is 0 Å². The number of aromatic nitrogens is 4. The summed E-state index contributed by atoms with van der Waals surface area (Å²) in [4.78, 5) is 10.3. The van der Waals surface area contributed by atoms with Crippen LogP contribution < -0.4 is 0 Å². The van der Waals surface area contributed by atoms with Crippen molar-refractivity contribution in [3.05, 3.63) is 218 Å². The molecule has 0 amide bonds. The van der Waals surface area contributed by atoms with Crippen LogP contribution in [0.4, 0.5) is 0 Å². The third-order valence-corrected chi connectivity index (χ3v) is 12.6. The summed E-state index contributed by atoms with van der Waals surface area (Å²) in [6.07, 6.45) is 0. The van der Waals surface area contributed by atoms with Crippen molar-refractivity contribution in [2.45, 2.75) is 0 Å². The highest BCUT2D eigenvalue weighted by molar-refractivity contribution is 6.23. The van der Waals surface area contributed by atoms with E-state index in [-0.39, 0.29) is 0 Å². The summed E-state index contributed by atoms with van der Waals surface area (Å²) < 4.78 is 4.96. The molecule has 3 heterocycles. The molecule has 4 heteroatoms. The molecule has 0 spiro atoms.